The molecular formula is C10H21NO. The molecular weight excluding hydrogens is 150 g/mol. The molecule has 0 rings (SSSR count). The molecule has 1 unspecified atom stereocenters. The SMILES string of the molecule is C/C=C/CNCC(CC)CCO. The van der Waals surface area contributed by atoms with Crippen LogP contribution >= 0.6 is 0 Å². The van der Waals surface area contributed by atoms with E-state index in [2.05, 4.69) is 18.3 Å². The third kappa shape index (κ3) is 6.38. The molecule has 0 spiro atoms. The van der Waals surface area contributed by atoms with Gasteiger partial charge >= 0.3 is 0 Å². The molecule has 0 saturated carbocycles. The average molecular weight is 171 g/mol. The lowest BCUT2D eigenvalue weighted by molar-refractivity contribution is 0.252. The van der Waals surface area contributed by atoms with E-state index in [0.717, 1.165) is 25.9 Å². The molecule has 2 N–H and O–H groups in total. The highest BCUT2D eigenvalue weighted by Crippen LogP contribution is 2.04. The normalized spacial score (nSPS) is 13.9. The lowest BCUT2D eigenvalue weighted by atomic mass is 10.0. The van der Waals surface area contributed by atoms with Gasteiger partial charge in [-0.1, -0.05) is 25.5 Å². The molecule has 0 aliphatic heterocycles. The Hall–Kier alpha value is -0.340. The highest BCUT2D eigenvalue weighted by atomic mass is 16.3. The lowest BCUT2D eigenvalue weighted by Gasteiger charge is -2.12. The van der Waals surface area contributed by atoms with Gasteiger partial charge in [0.05, 0.1) is 0 Å². The van der Waals surface area contributed by atoms with Crippen LogP contribution in [0, 0.1) is 5.92 Å². The molecule has 0 fully saturated rings. The van der Waals surface area contributed by atoms with E-state index in [0.29, 0.717) is 12.5 Å². The van der Waals surface area contributed by atoms with E-state index in [4.69, 9.17) is 5.11 Å². The molecule has 0 bridgehead atoms. The van der Waals surface area contributed by atoms with Crippen molar-refractivity contribution < 1.29 is 5.11 Å². The van der Waals surface area contributed by atoms with Crippen molar-refractivity contribution in [3.8, 4) is 0 Å². The molecule has 72 valence electrons. The van der Waals surface area contributed by atoms with E-state index in [1.807, 2.05) is 13.0 Å². The quantitative estimate of drug-likeness (QED) is 0.450. The number of allylic oxidation sites excluding steroid dienone is 1. The second-order valence-electron chi connectivity index (χ2n) is 3.01. The van der Waals surface area contributed by atoms with Crippen LogP contribution in [-0.4, -0.2) is 24.8 Å². The number of aliphatic hydroxyl groups is 1. The van der Waals surface area contributed by atoms with Gasteiger partial charge in [-0.25, -0.2) is 0 Å². The third-order valence-electron chi connectivity index (χ3n) is 2.05. The van der Waals surface area contributed by atoms with Gasteiger partial charge in [-0.15, -0.1) is 0 Å². The topological polar surface area (TPSA) is 32.3 Å². The summed E-state index contributed by atoms with van der Waals surface area (Å²) in [4.78, 5) is 0. The monoisotopic (exact) mass is 171 g/mol. The number of hydrogen-bond acceptors (Lipinski definition) is 2. The Bertz CT molecular complexity index is 112. The number of rotatable bonds is 7. The summed E-state index contributed by atoms with van der Waals surface area (Å²) < 4.78 is 0. The van der Waals surface area contributed by atoms with E-state index >= 15 is 0 Å². The number of nitrogens with one attached hydrogen (secondary N) is 1. The van der Waals surface area contributed by atoms with Gasteiger partial charge in [0.2, 0.25) is 0 Å². The molecule has 0 aromatic carbocycles. The van der Waals surface area contributed by atoms with Crippen molar-refractivity contribution in [3.05, 3.63) is 12.2 Å². The van der Waals surface area contributed by atoms with Crippen LogP contribution in [0.15, 0.2) is 12.2 Å². The zero-order valence-corrected chi connectivity index (χ0v) is 8.21. The van der Waals surface area contributed by atoms with Gasteiger partial charge in [0, 0.05) is 13.2 Å². The van der Waals surface area contributed by atoms with E-state index in [1.165, 1.54) is 0 Å². The Morgan fingerprint density at radius 2 is 2.25 bits per heavy atom. The molecule has 0 radical (unpaired) electrons. The summed E-state index contributed by atoms with van der Waals surface area (Å²) in [6.45, 7) is 6.45. The van der Waals surface area contributed by atoms with Gasteiger partial charge in [0.1, 0.15) is 0 Å². The number of aliphatic hydroxyl groups excluding tert-OH is 1. The lowest BCUT2D eigenvalue weighted by Crippen LogP contribution is -2.23. The van der Waals surface area contributed by atoms with Crippen LogP contribution in [-0.2, 0) is 0 Å². The van der Waals surface area contributed by atoms with Crippen molar-refractivity contribution in [1.29, 1.82) is 0 Å². The summed E-state index contributed by atoms with van der Waals surface area (Å²) in [5.41, 5.74) is 0. The maximum atomic E-state index is 8.73. The molecule has 0 aromatic rings. The average Bonchev–Trinajstić information content (AvgIpc) is 2.10. The van der Waals surface area contributed by atoms with Crippen LogP contribution in [0.4, 0.5) is 0 Å². The first-order valence-corrected chi connectivity index (χ1v) is 4.77. The molecule has 12 heavy (non-hydrogen) atoms. The van der Waals surface area contributed by atoms with Crippen LogP contribution in [0.5, 0.6) is 0 Å². The van der Waals surface area contributed by atoms with Gasteiger partial charge < -0.3 is 10.4 Å². The standard InChI is InChI=1S/C10H21NO/c1-3-5-7-11-9-10(4-2)6-8-12/h3,5,10-12H,4,6-9H2,1-2H3/b5-3+. The second kappa shape index (κ2) is 8.75. The zero-order valence-electron chi connectivity index (χ0n) is 8.21. The van der Waals surface area contributed by atoms with Crippen LogP contribution in [0.2, 0.25) is 0 Å². The van der Waals surface area contributed by atoms with Crippen molar-refractivity contribution in [2.45, 2.75) is 26.7 Å². The zero-order chi connectivity index (χ0) is 9.23. The maximum absolute atomic E-state index is 8.73. The van der Waals surface area contributed by atoms with E-state index in [9.17, 15) is 0 Å². The van der Waals surface area contributed by atoms with Crippen LogP contribution in [0.25, 0.3) is 0 Å². The molecule has 0 saturated heterocycles. The van der Waals surface area contributed by atoms with E-state index in [1.54, 1.807) is 0 Å². The third-order valence-corrected chi connectivity index (χ3v) is 2.05. The Morgan fingerprint density at radius 1 is 1.50 bits per heavy atom. The minimum absolute atomic E-state index is 0.309. The predicted molar refractivity (Wildman–Crippen MR) is 53.2 cm³/mol. The fourth-order valence-electron chi connectivity index (χ4n) is 1.12. The molecule has 0 heterocycles. The Kier molecular flexibility index (Phi) is 8.51. The van der Waals surface area contributed by atoms with Gasteiger partial charge in [-0.2, -0.15) is 0 Å². The highest BCUT2D eigenvalue weighted by molar-refractivity contribution is 4.79. The highest BCUT2D eigenvalue weighted by Gasteiger charge is 2.03. The molecule has 2 heteroatoms. The first-order chi connectivity index (χ1) is 5.85. The minimum Gasteiger partial charge on any atom is -0.396 e. The first-order valence-electron chi connectivity index (χ1n) is 4.77. The molecule has 0 aliphatic rings. The fraction of sp³-hybridized carbons (Fsp3) is 0.800. The van der Waals surface area contributed by atoms with Gasteiger partial charge in [-0.3, -0.25) is 0 Å². The summed E-state index contributed by atoms with van der Waals surface area (Å²) in [6, 6.07) is 0. The smallest absolute Gasteiger partial charge is 0.0434 e. The minimum atomic E-state index is 0.309. The molecule has 0 aliphatic carbocycles. The largest absolute Gasteiger partial charge is 0.396 e. The summed E-state index contributed by atoms with van der Waals surface area (Å²) in [7, 11) is 0. The molecule has 0 amide bonds. The fourth-order valence-corrected chi connectivity index (χ4v) is 1.12. The van der Waals surface area contributed by atoms with Gasteiger partial charge in [-0.05, 0) is 25.8 Å². The predicted octanol–water partition coefficient (Wildman–Crippen LogP) is 1.56. The Morgan fingerprint density at radius 3 is 2.75 bits per heavy atom. The summed E-state index contributed by atoms with van der Waals surface area (Å²) >= 11 is 0. The van der Waals surface area contributed by atoms with E-state index < -0.39 is 0 Å². The molecule has 0 aromatic heterocycles. The Balaban J connectivity index is 3.31. The van der Waals surface area contributed by atoms with Crippen LogP contribution in [0.3, 0.4) is 0 Å². The van der Waals surface area contributed by atoms with Crippen LogP contribution < -0.4 is 5.32 Å². The van der Waals surface area contributed by atoms with Crippen molar-refractivity contribution in [2.75, 3.05) is 19.7 Å². The van der Waals surface area contributed by atoms with E-state index in [-0.39, 0.29) is 0 Å². The first kappa shape index (κ1) is 11.7. The Labute approximate surface area is 75.7 Å². The van der Waals surface area contributed by atoms with Crippen molar-refractivity contribution in [3.63, 3.8) is 0 Å². The molecule has 1 atom stereocenters. The maximum Gasteiger partial charge on any atom is 0.0434 e. The molecule has 2 nitrogen and oxygen atoms in total. The van der Waals surface area contributed by atoms with Crippen molar-refractivity contribution in [2.24, 2.45) is 5.92 Å². The van der Waals surface area contributed by atoms with Crippen molar-refractivity contribution in [1.82, 2.24) is 5.32 Å². The number of hydrogen-bond donors (Lipinski definition) is 2. The van der Waals surface area contributed by atoms with Gasteiger partial charge in [0.25, 0.3) is 0 Å². The summed E-state index contributed by atoms with van der Waals surface area (Å²) in [6.07, 6.45) is 6.20. The van der Waals surface area contributed by atoms with Crippen LogP contribution in [0.1, 0.15) is 26.7 Å². The summed E-state index contributed by atoms with van der Waals surface area (Å²) in [5, 5.41) is 12.1. The van der Waals surface area contributed by atoms with Crippen molar-refractivity contribution >= 4 is 0 Å². The second-order valence-corrected chi connectivity index (χ2v) is 3.01. The summed E-state index contributed by atoms with van der Waals surface area (Å²) in [5.74, 6) is 0.625. The van der Waals surface area contributed by atoms with Gasteiger partial charge in [0.15, 0.2) is 0 Å².